The van der Waals surface area contributed by atoms with Crippen LogP contribution in [0.4, 0.5) is 5.82 Å². The number of anilines is 1. The summed E-state index contributed by atoms with van der Waals surface area (Å²) in [5.74, 6) is 0.187. The molecule has 21 heavy (non-hydrogen) atoms. The van der Waals surface area contributed by atoms with Crippen LogP contribution in [0.1, 0.15) is 56.1 Å². The van der Waals surface area contributed by atoms with Crippen molar-refractivity contribution >= 4 is 17.6 Å². The van der Waals surface area contributed by atoms with Gasteiger partial charge in [-0.3, -0.25) is 9.59 Å². The lowest BCUT2D eigenvalue weighted by molar-refractivity contribution is -0.121. The second kappa shape index (κ2) is 7.61. The van der Waals surface area contributed by atoms with Crippen molar-refractivity contribution in [3.63, 3.8) is 0 Å². The van der Waals surface area contributed by atoms with Gasteiger partial charge in [-0.25, -0.2) is 4.98 Å². The van der Waals surface area contributed by atoms with Crippen LogP contribution in [0.25, 0.3) is 0 Å². The standard InChI is InChI=1S/C15H24N4O2/c1-9(2)12-7-11(8-13(16)19-12)15(21)17-6-5-14(20)18-10(3)4/h7-10H,5-6H2,1-4H3,(H2,16,19)(H,17,21)(H,18,20). The highest BCUT2D eigenvalue weighted by molar-refractivity contribution is 5.95. The molecule has 0 bridgehead atoms. The van der Waals surface area contributed by atoms with E-state index in [1.807, 2.05) is 27.7 Å². The number of amides is 2. The van der Waals surface area contributed by atoms with Gasteiger partial charge in [0.25, 0.3) is 5.91 Å². The van der Waals surface area contributed by atoms with Crippen molar-refractivity contribution in [3.8, 4) is 0 Å². The molecular formula is C15H24N4O2. The molecule has 6 nitrogen and oxygen atoms in total. The quantitative estimate of drug-likeness (QED) is 0.739. The third kappa shape index (κ3) is 5.81. The van der Waals surface area contributed by atoms with Gasteiger partial charge in [0.1, 0.15) is 5.82 Å². The largest absolute Gasteiger partial charge is 0.384 e. The predicted octanol–water partition coefficient (Wildman–Crippen LogP) is 1.43. The van der Waals surface area contributed by atoms with Gasteiger partial charge in [0, 0.05) is 30.3 Å². The Balaban J connectivity index is 2.58. The zero-order valence-corrected chi connectivity index (χ0v) is 13.1. The average Bonchev–Trinajstić information content (AvgIpc) is 2.36. The molecule has 0 atom stereocenters. The van der Waals surface area contributed by atoms with Crippen LogP contribution in [-0.4, -0.2) is 29.4 Å². The molecule has 2 amide bonds. The highest BCUT2D eigenvalue weighted by Crippen LogP contribution is 2.15. The number of carbonyl (C=O) groups is 2. The van der Waals surface area contributed by atoms with Crippen molar-refractivity contribution in [3.05, 3.63) is 23.4 Å². The molecule has 1 rings (SSSR count). The van der Waals surface area contributed by atoms with E-state index in [0.717, 1.165) is 5.69 Å². The van der Waals surface area contributed by atoms with Gasteiger partial charge in [-0.2, -0.15) is 0 Å². The molecule has 0 saturated heterocycles. The van der Waals surface area contributed by atoms with Gasteiger partial charge >= 0.3 is 0 Å². The highest BCUT2D eigenvalue weighted by atomic mass is 16.2. The summed E-state index contributed by atoms with van der Waals surface area (Å²) >= 11 is 0. The lowest BCUT2D eigenvalue weighted by Crippen LogP contribution is -2.34. The molecule has 1 heterocycles. The highest BCUT2D eigenvalue weighted by Gasteiger charge is 2.11. The van der Waals surface area contributed by atoms with Gasteiger partial charge in [0.05, 0.1) is 0 Å². The molecule has 0 spiro atoms. The number of rotatable bonds is 6. The van der Waals surface area contributed by atoms with E-state index in [9.17, 15) is 9.59 Å². The van der Waals surface area contributed by atoms with Gasteiger partial charge in [0.2, 0.25) is 5.91 Å². The van der Waals surface area contributed by atoms with E-state index in [1.165, 1.54) is 6.07 Å². The van der Waals surface area contributed by atoms with Crippen molar-refractivity contribution in [2.45, 2.75) is 46.1 Å². The van der Waals surface area contributed by atoms with E-state index in [-0.39, 0.29) is 36.7 Å². The first kappa shape index (κ1) is 16.9. The zero-order chi connectivity index (χ0) is 16.0. The molecule has 4 N–H and O–H groups in total. The maximum Gasteiger partial charge on any atom is 0.251 e. The topological polar surface area (TPSA) is 97.1 Å². The third-order valence-corrected chi connectivity index (χ3v) is 2.81. The fourth-order valence-electron chi connectivity index (χ4n) is 1.79. The normalized spacial score (nSPS) is 10.8. The second-order valence-electron chi connectivity index (χ2n) is 5.59. The maximum absolute atomic E-state index is 12.0. The maximum atomic E-state index is 12.0. The van der Waals surface area contributed by atoms with Crippen LogP contribution in [0.2, 0.25) is 0 Å². The summed E-state index contributed by atoms with van der Waals surface area (Å²) in [7, 11) is 0. The van der Waals surface area contributed by atoms with Crippen LogP contribution in [0.15, 0.2) is 12.1 Å². The lowest BCUT2D eigenvalue weighted by atomic mass is 10.1. The van der Waals surface area contributed by atoms with Gasteiger partial charge in [-0.05, 0) is 31.9 Å². The first-order valence-corrected chi connectivity index (χ1v) is 7.14. The number of carbonyl (C=O) groups excluding carboxylic acids is 2. The van der Waals surface area contributed by atoms with Crippen LogP contribution in [-0.2, 0) is 4.79 Å². The van der Waals surface area contributed by atoms with Crippen molar-refractivity contribution < 1.29 is 9.59 Å². The second-order valence-corrected chi connectivity index (χ2v) is 5.59. The fourth-order valence-corrected chi connectivity index (χ4v) is 1.79. The smallest absolute Gasteiger partial charge is 0.251 e. The summed E-state index contributed by atoms with van der Waals surface area (Å²) in [6.45, 7) is 8.05. The summed E-state index contributed by atoms with van der Waals surface area (Å²) in [4.78, 5) is 27.7. The Morgan fingerprint density at radius 3 is 2.48 bits per heavy atom. The van der Waals surface area contributed by atoms with E-state index < -0.39 is 0 Å². The minimum Gasteiger partial charge on any atom is -0.384 e. The molecule has 116 valence electrons. The molecule has 0 aromatic carbocycles. The minimum absolute atomic E-state index is 0.0811. The van der Waals surface area contributed by atoms with E-state index in [1.54, 1.807) is 6.07 Å². The van der Waals surface area contributed by atoms with Gasteiger partial charge in [0.15, 0.2) is 0 Å². The van der Waals surface area contributed by atoms with Crippen molar-refractivity contribution in [2.75, 3.05) is 12.3 Å². The summed E-state index contributed by atoms with van der Waals surface area (Å²) < 4.78 is 0. The summed E-state index contributed by atoms with van der Waals surface area (Å²) in [5.41, 5.74) is 6.96. The summed E-state index contributed by atoms with van der Waals surface area (Å²) in [6.07, 6.45) is 0.252. The number of aromatic nitrogens is 1. The molecule has 6 heteroatoms. The molecule has 1 aromatic heterocycles. The molecule has 0 aliphatic carbocycles. The van der Waals surface area contributed by atoms with E-state index >= 15 is 0 Å². The third-order valence-electron chi connectivity index (χ3n) is 2.81. The Hall–Kier alpha value is -2.11. The number of nitrogens with one attached hydrogen (secondary N) is 2. The fraction of sp³-hybridized carbons (Fsp3) is 0.533. The molecule has 1 aromatic rings. The molecule has 0 aliphatic rings. The number of hydrogen-bond acceptors (Lipinski definition) is 4. The molecular weight excluding hydrogens is 268 g/mol. The number of nitrogen functional groups attached to an aromatic ring is 1. The molecule has 0 unspecified atom stereocenters. The van der Waals surface area contributed by atoms with E-state index in [2.05, 4.69) is 15.6 Å². The van der Waals surface area contributed by atoms with Crippen LogP contribution in [0, 0.1) is 0 Å². The minimum atomic E-state index is -0.247. The average molecular weight is 292 g/mol. The Bertz CT molecular complexity index is 512. The number of nitrogens with two attached hydrogens (primary N) is 1. The predicted molar refractivity (Wildman–Crippen MR) is 83.0 cm³/mol. The molecule has 0 aliphatic heterocycles. The lowest BCUT2D eigenvalue weighted by Gasteiger charge is -2.11. The number of pyridine rings is 1. The van der Waals surface area contributed by atoms with Crippen molar-refractivity contribution in [1.82, 2.24) is 15.6 Å². The van der Waals surface area contributed by atoms with Crippen LogP contribution >= 0.6 is 0 Å². The first-order chi connectivity index (χ1) is 9.79. The molecule has 0 fully saturated rings. The van der Waals surface area contributed by atoms with Crippen molar-refractivity contribution in [1.29, 1.82) is 0 Å². The van der Waals surface area contributed by atoms with Gasteiger partial charge in [-0.15, -0.1) is 0 Å². The van der Waals surface area contributed by atoms with Gasteiger partial charge < -0.3 is 16.4 Å². The molecule has 0 radical (unpaired) electrons. The van der Waals surface area contributed by atoms with Crippen LogP contribution in [0.3, 0.4) is 0 Å². The number of nitrogens with zero attached hydrogens (tertiary/aromatic N) is 1. The SMILES string of the molecule is CC(C)NC(=O)CCNC(=O)c1cc(N)nc(C(C)C)c1. The van der Waals surface area contributed by atoms with Gasteiger partial charge in [-0.1, -0.05) is 13.8 Å². The van der Waals surface area contributed by atoms with E-state index in [0.29, 0.717) is 11.4 Å². The summed E-state index contributed by atoms with van der Waals surface area (Å²) in [5, 5.41) is 5.48. The first-order valence-electron chi connectivity index (χ1n) is 7.14. The van der Waals surface area contributed by atoms with E-state index in [4.69, 9.17) is 5.73 Å². The Morgan fingerprint density at radius 2 is 1.90 bits per heavy atom. The molecule has 0 saturated carbocycles. The number of hydrogen-bond donors (Lipinski definition) is 3. The zero-order valence-electron chi connectivity index (χ0n) is 13.1. The Morgan fingerprint density at radius 1 is 1.24 bits per heavy atom. The van der Waals surface area contributed by atoms with Crippen LogP contribution in [0.5, 0.6) is 0 Å². The monoisotopic (exact) mass is 292 g/mol. The summed E-state index contributed by atoms with van der Waals surface area (Å²) in [6, 6.07) is 3.36. The van der Waals surface area contributed by atoms with Crippen LogP contribution < -0.4 is 16.4 Å². The Labute approximate surface area is 125 Å². The Kier molecular flexibility index (Phi) is 6.14. The van der Waals surface area contributed by atoms with Crippen molar-refractivity contribution in [2.24, 2.45) is 0 Å².